The number of anilines is 1. The van der Waals surface area contributed by atoms with Crippen LogP contribution >= 0.6 is 0 Å². The van der Waals surface area contributed by atoms with E-state index in [1.807, 2.05) is 90.4 Å². The van der Waals surface area contributed by atoms with Gasteiger partial charge in [-0.05, 0) is 42.3 Å². The van der Waals surface area contributed by atoms with Crippen molar-refractivity contribution in [2.75, 3.05) is 12.4 Å². The maximum absolute atomic E-state index is 13.0. The van der Waals surface area contributed by atoms with E-state index in [1.54, 1.807) is 7.11 Å². The van der Waals surface area contributed by atoms with Crippen LogP contribution in [0.25, 0.3) is 16.9 Å². The average molecular weight is 385 g/mol. The molecule has 0 spiro atoms. The normalized spacial score (nSPS) is 11.9. The molecule has 1 atom stereocenters. The Morgan fingerprint density at radius 1 is 1.10 bits per heavy atom. The highest BCUT2D eigenvalue weighted by atomic mass is 16.5. The van der Waals surface area contributed by atoms with Crippen LogP contribution in [0.4, 0.5) is 5.69 Å². The molecule has 0 aliphatic carbocycles. The fraction of sp³-hybridized carbons (Fsp3) is 0.167. The Labute approximate surface area is 170 Å². The number of aromatic nitrogens is 2. The summed E-state index contributed by atoms with van der Waals surface area (Å²) in [7, 11) is 1.60. The van der Waals surface area contributed by atoms with Crippen LogP contribution in [0.5, 0.6) is 5.75 Å². The predicted molar refractivity (Wildman–Crippen MR) is 115 cm³/mol. The van der Waals surface area contributed by atoms with Crippen molar-refractivity contribution in [2.45, 2.75) is 19.3 Å². The van der Waals surface area contributed by atoms with Crippen LogP contribution in [-0.4, -0.2) is 22.4 Å². The molecule has 0 radical (unpaired) electrons. The first-order valence-electron chi connectivity index (χ1n) is 9.67. The Hall–Kier alpha value is -3.60. The summed E-state index contributed by atoms with van der Waals surface area (Å²) in [5, 5.41) is 3.06. The first kappa shape index (κ1) is 18.7. The monoisotopic (exact) mass is 385 g/mol. The highest BCUT2D eigenvalue weighted by Crippen LogP contribution is 2.32. The zero-order valence-corrected chi connectivity index (χ0v) is 16.5. The zero-order chi connectivity index (χ0) is 20.2. The van der Waals surface area contributed by atoms with Crippen molar-refractivity contribution in [3.05, 3.63) is 84.7 Å². The number of ether oxygens (including phenoxy) is 1. The molecule has 0 aliphatic rings. The maximum Gasteiger partial charge on any atom is 0.232 e. The summed E-state index contributed by atoms with van der Waals surface area (Å²) in [6, 6.07) is 21.4. The van der Waals surface area contributed by atoms with Crippen molar-refractivity contribution >= 4 is 17.2 Å². The van der Waals surface area contributed by atoms with Gasteiger partial charge in [-0.25, -0.2) is 4.98 Å². The maximum atomic E-state index is 13.0. The second-order valence-electron chi connectivity index (χ2n) is 6.87. The van der Waals surface area contributed by atoms with Gasteiger partial charge in [0.05, 0.1) is 24.4 Å². The minimum absolute atomic E-state index is 0.0517. The number of hydrogen-bond acceptors (Lipinski definition) is 3. The second kappa shape index (κ2) is 8.19. The zero-order valence-electron chi connectivity index (χ0n) is 16.5. The van der Waals surface area contributed by atoms with Crippen LogP contribution in [0.3, 0.4) is 0 Å². The highest BCUT2D eigenvalue weighted by molar-refractivity contribution is 5.97. The number of imidazole rings is 1. The Bertz CT molecular complexity index is 1100. The van der Waals surface area contributed by atoms with Crippen LogP contribution < -0.4 is 10.1 Å². The fourth-order valence-corrected chi connectivity index (χ4v) is 3.52. The molecule has 5 nitrogen and oxygen atoms in total. The van der Waals surface area contributed by atoms with E-state index in [0.29, 0.717) is 17.9 Å². The molecule has 2 aromatic carbocycles. The quantitative estimate of drug-likeness (QED) is 0.500. The molecule has 2 heterocycles. The Morgan fingerprint density at radius 2 is 1.90 bits per heavy atom. The van der Waals surface area contributed by atoms with Crippen LogP contribution in [0.15, 0.2) is 79.1 Å². The van der Waals surface area contributed by atoms with Crippen LogP contribution in [0.1, 0.15) is 24.8 Å². The van der Waals surface area contributed by atoms with Crippen molar-refractivity contribution in [3.8, 4) is 17.0 Å². The lowest BCUT2D eigenvalue weighted by Crippen LogP contribution is -2.21. The number of amides is 1. The molecular weight excluding hydrogens is 362 g/mol. The lowest BCUT2D eigenvalue weighted by molar-refractivity contribution is -0.117. The molecule has 0 aliphatic heterocycles. The second-order valence-corrected chi connectivity index (χ2v) is 6.87. The van der Waals surface area contributed by atoms with Gasteiger partial charge in [-0.15, -0.1) is 0 Å². The van der Waals surface area contributed by atoms with Crippen molar-refractivity contribution < 1.29 is 9.53 Å². The minimum Gasteiger partial charge on any atom is -0.495 e. The summed E-state index contributed by atoms with van der Waals surface area (Å²) < 4.78 is 7.45. The number of methoxy groups -OCH3 is 1. The van der Waals surface area contributed by atoms with Gasteiger partial charge < -0.3 is 14.5 Å². The van der Waals surface area contributed by atoms with Crippen molar-refractivity contribution in [1.82, 2.24) is 9.38 Å². The molecule has 0 bridgehead atoms. The molecule has 1 N–H and O–H groups in total. The molecule has 146 valence electrons. The summed E-state index contributed by atoms with van der Waals surface area (Å²) in [5.41, 5.74) is 4.27. The number of hydrogen-bond donors (Lipinski definition) is 1. The summed E-state index contributed by atoms with van der Waals surface area (Å²) in [6.45, 7) is 2.02. The van der Waals surface area contributed by atoms with E-state index in [9.17, 15) is 4.79 Å². The molecule has 29 heavy (non-hydrogen) atoms. The van der Waals surface area contributed by atoms with Crippen molar-refractivity contribution in [3.63, 3.8) is 0 Å². The summed E-state index contributed by atoms with van der Waals surface area (Å²) in [5.74, 6) is 0.345. The average Bonchev–Trinajstić information content (AvgIpc) is 3.19. The van der Waals surface area contributed by atoms with Crippen LogP contribution in [0.2, 0.25) is 0 Å². The highest BCUT2D eigenvalue weighted by Gasteiger charge is 2.20. The van der Waals surface area contributed by atoms with Gasteiger partial charge in [0.1, 0.15) is 11.4 Å². The molecule has 0 saturated carbocycles. The van der Waals surface area contributed by atoms with E-state index in [2.05, 4.69) is 10.3 Å². The third-order valence-corrected chi connectivity index (χ3v) is 5.04. The number of pyridine rings is 1. The first-order chi connectivity index (χ1) is 14.2. The molecule has 2 aromatic heterocycles. The van der Waals surface area contributed by atoms with Crippen LogP contribution in [-0.2, 0) is 4.79 Å². The number of nitrogens with zero attached hydrogens (tertiary/aromatic N) is 2. The third kappa shape index (κ3) is 3.85. The fourth-order valence-electron chi connectivity index (χ4n) is 3.52. The van der Waals surface area contributed by atoms with Gasteiger partial charge in [0.2, 0.25) is 5.91 Å². The summed E-state index contributed by atoms with van der Waals surface area (Å²) in [4.78, 5) is 17.7. The first-order valence-corrected chi connectivity index (χ1v) is 9.67. The van der Waals surface area contributed by atoms with E-state index in [4.69, 9.17) is 4.74 Å². The Balaban J connectivity index is 1.65. The van der Waals surface area contributed by atoms with Crippen LogP contribution in [0, 0.1) is 0 Å². The number of fused-ring (bicyclic) bond motifs is 1. The van der Waals surface area contributed by atoms with E-state index < -0.39 is 0 Å². The Morgan fingerprint density at radius 3 is 2.62 bits per heavy atom. The third-order valence-electron chi connectivity index (χ3n) is 5.04. The van der Waals surface area contributed by atoms with Gasteiger partial charge in [0, 0.05) is 18.0 Å². The van der Waals surface area contributed by atoms with Crippen molar-refractivity contribution in [2.24, 2.45) is 0 Å². The SMILES string of the molecule is CCC(C(=O)Nc1cc(-c2cn3ccccc3n2)ccc1OC)c1ccccc1. The topological polar surface area (TPSA) is 55.6 Å². The number of carbonyl (C=O) groups is 1. The summed E-state index contributed by atoms with van der Waals surface area (Å²) in [6.07, 6.45) is 4.65. The molecule has 0 fully saturated rings. The number of nitrogens with one attached hydrogen (secondary N) is 1. The van der Waals surface area contributed by atoms with E-state index in [-0.39, 0.29) is 11.8 Å². The molecule has 1 unspecified atom stereocenters. The molecular formula is C24H23N3O2. The van der Waals surface area contributed by atoms with Gasteiger partial charge >= 0.3 is 0 Å². The standard InChI is InChI=1S/C24H23N3O2/c1-3-19(17-9-5-4-6-10-17)24(28)26-20-15-18(12-13-22(20)29-2)21-16-27-14-8-7-11-23(27)25-21/h4-16,19H,3H2,1-2H3,(H,26,28). The molecule has 0 saturated heterocycles. The van der Waals surface area contributed by atoms with Gasteiger partial charge in [-0.3, -0.25) is 4.79 Å². The predicted octanol–water partition coefficient (Wildman–Crippen LogP) is 5.14. The van der Waals surface area contributed by atoms with E-state index >= 15 is 0 Å². The van der Waals surface area contributed by atoms with Gasteiger partial charge in [-0.1, -0.05) is 43.3 Å². The Kier molecular flexibility index (Phi) is 5.29. The summed E-state index contributed by atoms with van der Waals surface area (Å²) >= 11 is 0. The van der Waals surface area contributed by atoms with Gasteiger partial charge in [0.15, 0.2) is 0 Å². The smallest absolute Gasteiger partial charge is 0.232 e. The van der Waals surface area contributed by atoms with Gasteiger partial charge in [0.25, 0.3) is 0 Å². The molecule has 1 amide bonds. The number of rotatable bonds is 6. The lowest BCUT2D eigenvalue weighted by Gasteiger charge is -2.17. The van der Waals surface area contributed by atoms with Gasteiger partial charge in [-0.2, -0.15) is 0 Å². The molecule has 4 aromatic rings. The molecule has 4 rings (SSSR count). The number of benzene rings is 2. The lowest BCUT2D eigenvalue weighted by atomic mass is 9.95. The largest absolute Gasteiger partial charge is 0.495 e. The van der Waals surface area contributed by atoms with E-state index in [0.717, 1.165) is 22.5 Å². The minimum atomic E-state index is -0.222. The molecule has 5 heteroatoms. The number of carbonyl (C=O) groups excluding carboxylic acids is 1. The van der Waals surface area contributed by atoms with E-state index in [1.165, 1.54) is 0 Å². The van der Waals surface area contributed by atoms with Crippen molar-refractivity contribution in [1.29, 1.82) is 0 Å².